The molecule has 0 unspecified atom stereocenters. The number of benzene rings is 1. The fourth-order valence-corrected chi connectivity index (χ4v) is 3.72. The van der Waals surface area contributed by atoms with E-state index in [0.717, 1.165) is 17.4 Å². The predicted molar refractivity (Wildman–Crippen MR) is 75.1 cm³/mol. The largest absolute Gasteiger partial charge is 0.495 e. The van der Waals surface area contributed by atoms with E-state index in [4.69, 9.17) is 9.84 Å². The van der Waals surface area contributed by atoms with Crippen molar-refractivity contribution in [2.45, 2.75) is 4.21 Å². The maximum Gasteiger partial charge on any atom is 0.336 e. The first-order chi connectivity index (χ1) is 9.44. The van der Waals surface area contributed by atoms with Gasteiger partial charge in [-0.15, -0.1) is 11.3 Å². The van der Waals surface area contributed by atoms with Crippen molar-refractivity contribution in [3.8, 4) is 5.75 Å². The van der Waals surface area contributed by atoms with Gasteiger partial charge in [0.1, 0.15) is 9.96 Å². The van der Waals surface area contributed by atoms with Crippen LogP contribution in [-0.2, 0) is 10.0 Å². The number of carbonyl (C=O) groups is 1. The highest BCUT2D eigenvalue weighted by Gasteiger charge is 2.20. The van der Waals surface area contributed by atoms with Crippen molar-refractivity contribution in [3.05, 3.63) is 41.3 Å². The van der Waals surface area contributed by atoms with Crippen LogP contribution in [0.1, 0.15) is 10.4 Å². The van der Waals surface area contributed by atoms with Crippen LogP contribution in [0.3, 0.4) is 0 Å². The van der Waals surface area contributed by atoms with Crippen LogP contribution in [0.25, 0.3) is 0 Å². The van der Waals surface area contributed by atoms with Crippen LogP contribution >= 0.6 is 11.3 Å². The highest BCUT2D eigenvalue weighted by Crippen LogP contribution is 2.28. The maximum absolute atomic E-state index is 12.2. The minimum absolute atomic E-state index is 0.0598. The van der Waals surface area contributed by atoms with Gasteiger partial charge in [-0.1, -0.05) is 12.1 Å². The third-order valence-electron chi connectivity index (χ3n) is 2.44. The molecule has 2 N–H and O–H groups in total. The topological polar surface area (TPSA) is 92.7 Å². The Morgan fingerprint density at radius 3 is 2.65 bits per heavy atom. The van der Waals surface area contributed by atoms with Crippen molar-refractivity contribution in [2.24, 2.45) is 0 Å². The quantitative estimate of drug-likeness (QED) is 0.883. The molecule has 8 heteroatoms. The summed E-state index contributed by atoms with van der Waals surface area (Å²) in [6, 6.07) is 7.67. The van der Waals surface area contributed by atoms with Crippen LogP contribution in [0.2, 0.25) is 0 Å². The monoisotopic (exact) mass is 313 g/mol. The number of anilines is 1. The van der Waals surface area contributed by atoms with Gasteiger partial charge in [-0.3, -0.25) is 4.72 Å². The number of nitrogens with one attached hydrogen (secondary N) is 1. The molecule has 0 radical (unpaired) electrons. The Balaban J connectivity index is 2.33. The molecule has 1 heterocycles. The number of carboxylic acid groups (broad SMARTS) is 1. The summed E-state index contributed by atoms with van der Waals surface area (Å²) in [4.78, 5) is 10.8. The second-order valence-electron chi connectivity index (χ2n) is 3.77. The second-order valence-corrected chi connectivity index (χ2v) is 6.59. The smallest absolute Gasteiger partial charge is 0.336 e. The zero-order chi connectivity index (χ0) is 14.8. The van der Waals surface area contributed by atoms with Crippen molar-refractivity contribution in [1.29, 1.82) is 0 Å². The average Bonchev–Trinajstić information content (AvgIpc) is 2.89. The van der Waals surface area contributed by atoms with Crippen LogP contribution in [0.15, 0.2) is 39.9 Å². The van der Waals surface area contributed by atoms with Gasteiger partial charge in [0.25, 0.3) is 10.0 Å². The van der Waals surface area contributed by atoms with E-state index in [1.165, 1.54) is 12.5 Å². The zero-order valence-corrected chi connectivity index (χ0v) is 12.0. The minimum Gasteiger partial charge on any atom is -0.495 e. The minimum atomic E-state index is -3.83. The van der Waals surface area contributed by atoms with Crippen LogP contribution in [0.4, 0.5) is 5.69 Å². The van der Waals surface area contributed by atoms with Gasteiger partial charge in [0.05, 0.1) is 18.4 Å². The molecule has 0 amide bonds. The molecule has 6 nitrogen and oxygen atoms in total. The molecule has 0 saturated carbocycles. The molecule has 0 saturated heterocycles. The normalized spacial score (nSPS) is 11.1. The first-order valence-corrected chi connectivity index (χ1v) is 7.78. The summed E-state index contributed by atoms with van der Waals surface area (Å²) in [5, 5.41) is 10.1. The Labute approximate surface area is 119 Å². The molecule has 1 aromatic heterocycles. The summed E-state index contributed by atoms with van der Waals surface area (Å²) in [5.41, 5.74) is 0.232. The lowest BCUT2D eigenvalue weighted by Crippen LogP contribution is -2.12. The van der Waals surface area contributed by atoms with Crippen molar-refractivity contribution in [1.82, 2.24) is 0 Å². The van der Waals surface area contributed by atoms with E-state index in [-0.39, 0.29) is 9.77 Å². The number of sulfonamides is 1. The summed E-state index contributed by atoms with van der Waals surface area (Å²) in [5.74, 6) is -0.786. The van der Waals surface area contributed by atoms with Gasteiger partial charge in [0, 0.05) is 5.38 Å². The lowest BCUT2D eigenvalue weighted by atomic mass is 10.3. The lowest BCUT2D eigenvalue weighted by Gasteiger charge is -2.10. The third kappa shape index (κ3) is 2.91. The van der Waals surface area contributed by atoms with Gasteiger partial charge in [-0.25, -0.2) is 13.2 Å². The molecule has 1 aromatic carbocycles. The number of aromatic carboxylic acids is 1. The van der Waals surface area contributed by atoms with Crippen molar-refractivity contribution >= 4 is 33.0 Å². The van der Waals surface area contributed by atoms with Gasteiger partial charge in [-0.05, 0) is 18.2 Å². The lowest BCUT2D eigenvalue weighted by molar-refractivity contribution is 0.0697. The predicted octanol–water partition coefficient (Wildman–Crippen LogP) is 2.26. The number of rotatable bonds is 5. The molecular formula is C12H11NO5S2. The summed E-state index contributed by atoms with van der Waals surface area (Å²) >= 11 is 0.845. The summed E-state index contributed by atoms with van der Waals surface area (Å²) < 4.78 is 31.7. The average molecular weight is 313 g/mol. The highest BCUT2D eigenvalue weighted by atomic mass is 32.2. The third-order valence-corrected chi connectivity index (χ3v) is 5.24. The molecule has 2 aromatic rings. The van der Waals surface area contributed by atoms with E-state index >= 15 is 0 Å². The number of ether oxygens (including phenoxy) is 1. The fourth-order valence-electron chi connectivity index (χ4n) is 1.49. The van der Waals surface area contributed by atoms with E-state index < -0.39 is 16.0 Å². The van der Waals surface area contributed by atoms with E-state index in [9.17, 15) is 13.2 Å². The van der Waals surface area contributed by atoms with Crippen LogP contribution in [0, 0.1) is 0 Å². The van der Waals surface area contributed by atoms with Crippen LogP contribution in [0.5, 0.6) is 5.75 Å². The molecule has 0 aliphatic heterocycles. The van der Waals surface area contributed by atoms with Gasteiger partial charge in [0.15, 0.2) is 0 Å². The molecule has 20 heavy (non-hydrogen) atoms. The highest BCUT2D eigenvalue weighted by molar-refractivity contribution is 7.94. The van der Waals surface area contributed by atoms with E-state index in [1.807, 2.05) is 0 Å². The zero-order valence-electron chi connectivity index (χ0n) is 10.4. The van der Waals surface area contributed by atoms with E-state index in [2.05, 4.69) is 4.72 Å². The number of para-hydroxylation sites is 2. The number of carboxylic acids is 1. The molecule has 0 bridgehead atoms. The number of methoxy groups -OCH3 is 1. The number of hydrogen-bond donors (Lipinski definition) is 2. The van der Waals surface area contributed by atoms with Gasteiger partial charge >= 0.3 is 5.97 Å². The Morgan fingerprint density at radius 1 is 1.35 bits per heavy atom. The Kier molecular flexibility index (Phi) is 3.96. The standard InChI is InChI=1S/C12H11NO5S2/c1-18-10-5-3-2-4-9(10)13-20(16,17)11-6-8(7-19-11)12(14)15/h2-7,13H,1H3,(H,14,15). The van der Waals surface area contributed by atoms with Gasteiger partial charge in [-0.2, -0.15) is 0 Å². The van der Waals surface area contributed by atoms with Crippen molar-refractivity contribution < 1.29 is 23.1 Å². The van der Waals surface area contributed by atoms with Crippen LogP contribution in [-0.4, -0.2) is 26.6 Å². The second kappa shape index (κ2) is 5.51. The summed E-state index contributed by atoms with van der Waals surface area (Å²) in [6.07, 6.45) is 0. The molecule has 0 aliphatic carbocycles. The molecule has 0 spiro atoms. The molecule has 0 aliphatic rings. The summed E-state index contributed by atoms with van der Waals surface area (Å²) in [6.45, 7) is 0. The number of hydrogen-bond acceptors (Lipinski definition) is 5. The Bertz CT molecular complexity index is 736. The number of thiophene rings is 1. The molecular weight excluding hydrogens is 302 g/mol. The van der Waals surface area contributed by atoms with Crippen molar-refractivity contribution in [2.75, 3.05) is 11.8 Å². The molecule has 106 valence electrons. The first kappa shape index (κ1) is 14.4. The molecule has 0 fully saturated rings. The molecule has 0 atom stereocenters. The maximum atomic E-state index is 12.2. The molecule has 2 rings (SSSR count). The van der Waals surface area contributed by atoms with E-state index in [1.54, 1.807) is 24.3 Å². The first-order valence-electron chi connectivity index (χ1n) is 5.41. The SMILES string of the molecule is COc1ccccc1NS(=O)(=O)c1cc(C(=O)O)cs1. The van der Waals surface area contributed by atoms with Crippen molar-refractivity contribution in [3.63, 3.8) is 0 Å². The van der Waals surface area contributed by atoms with Gasteiger partial charge in [0.2, 0.25) is 0 Å². The van der Waals surface area contributed by atoms with E-state index in [0.29, 0.717) is 11.4 Å². The fraction of sp³-hybridized carbons (Fsp3) is 0.0833. The Hall–Kier alpha value is -2.06. The Morgan fingerprint density at radius 2 is 2.05 bits per heavy atom. The van der Waals surface area contributed by atoms with Crippen LogP contribution < -0.4 is 9.46 Å². The van der Waals surface area contributed by atoms with Gasteiger partial charge < -0.3 is 9.84 Å². The summed E-state index contributed by atoms with van der Waals surface area (Å²) in [7, 11) is -2.40.